The third-order valence-corrected chi connectivity index (χ3v) is 5.83. The molecular weight excluding hydrogens is 437 g/mol. The number of phenols is 1. The lowest BCUT2D eigenvalue weighted by Crippen LogP contribution is -2.36. The highest BCUT2D eigenvalue weighted by atomic mass is 35.5. The number of nitrogens with one attached hydrogen (secondary N) is 1. The van der Waals surface area contributed by atoms with Crippen molar-refractivity contribution in [3.05, 3.63) is 88.2 Å². The second kappa shape index (κ2) is 9.16. The van der Waals surface area contributed by atoms with Gasteiger partial charge in [0.1, 0.15) is 30.4 Å². The Morgan fingerprint density at radius 3 is 2.28 bits per heavy atom. The van der Waals surface area contributed by atoms with Crippen LogP contribution in [0.1, 0.15) is 28.7 Å². The number of fused-ring (bicyclic) bond motifs is 3. The van der Waals surface area contributed by atoms with Gasteiger partial charge < -0.3 is 25.4 Å². The molecule has 8 heteroatoms. The molecule has 166 valence electrons. The van der Waals surface area contributed by atoms with Crippen LogP contribution < -0.4 is 5.32 Å². The summed E-state index contributed by atoms with van der Waals surface area (Å²) in [6.07, 6.45) is -3.98. The number of amides is 1. The molecule has 4 N–H and O–H groups in total. The normalized spacial score (nSPS) is 14.4. The molecule has 0 aliphatic heterocycles. The van der Waals surface area contributed by atoms with Crippen LogP contribution in [-0.4, -0.2) is 40.7 Å². The first kappa shape index (κ1) is 22.1. The number of aliphatic hydroxyl groups excluding tert-OH is 2. The fraction of sp³-hybridized carbons (Fsp3) is 0.208. The van der Waals surface area contributed by atoms with Crippen LogP contribution in [0.4, 0.5) is 9.18 Å². The Labute approximate surface area is 188 Å². The fourth-order valence-corrected chi connectivity index (χ4v) is 4.18. The first-order chi connectivity index (χ1) is 15.4. The fourth-order valence-electron chi connectivity index (χ4n) is 3.97. The Bertz CT molecular complexity index is 1110. The number of aliphatic hydroxyl groups is 2. The van der Waals surface area contributed by atoms with Crippen molar-refractivity contribution in [2.75, 3.05) is 13.2 Å². The molecule has 0 radical (unpaired) electrons. The van der Waals surface area contributed by atoms with Crippen LogP contribution in [0, 0.1) is 5.82 Å². The van der Waals surface area contributed by atoms with Gasteiger partial charge in [-0.15, -0.1) is 0 Å². The van der Waals surface area contributed by atoms with Crippen LogP contribution in [0.2, 0.25) is 5.02 Å². The summed E-state index contributed by atoms with van der Waals surface area (Å²) >= 11 is 5.70. The second-order valence-electron chi connectivity index (χ2n) is 7.54. The number of carbonyl (C=O) groups is 1. The Kier molecular flexibility index (Phi) is 6.32. The average Bonchev–Trinajstić information content (AvgIpc) is 3.11. The van der Waals surface area contributed by atoms with E-state index in [2.05, 4.69) is 5.32 Å². The molecule has 0 spiro atoms. The molecular formula is C24H21ClFNO5. The van der Waals surface area contributed by atoms with E-state index in [1.165, 1.54) is 0 Å². The van der Waals surface area contributed by atoms with Crippen molar-refractivity contribution in [1.82, 2.24) is 5.32 Å². The number of ether oxygens (including phenoxy) is 1. The molecule has 1 aliphatic rings. The lowest BCUT2D eigenvalue weighted by atomic mass is 9.98. The van der Waals surface area contributed by atoms with Crippen LogP contribution >= 0.6 is 11.6 Å². The van der Waals surface area contributed by atoms with Gasteiger partial charge >= 0.3 is 6.09 Å². The summed E-state index contributed by atoms with van der Waals surface area (Å²) in [7, 11) is 0. The molecule has 0 heterocycles. The maximum atomic E-state index is 13.5. The third-order valence-electron chi connectivity index (χ3n) is 5.54. The molecule has 0 bridgehead atoms. The van der Waals surface area contributed by atoms with E-state index in [9.17, 15) is 24.5 Å². The standard InChI is InChI=1S/C24H21ClFNO5/c25-20-10-13(26)9-18(22(20)29)23(30)21(28)11-27-24(31)32-12-19-16-7-3-1-5-14(16)15-6-2-4-8-17(15)19/h1-10,19,21,23,28-30H,11-12H2,(H,27,31). The Balaban J connectivity index is 1.36. The molecule has 0 saturated carbocycles. The van der Waals surface area contributed by atoms with Gasteiger partial charge in [0.25, 0.3) is 0 Å². The van der Waals surface area contributed by atoms with Crippen LogP contribution in [0.15, 0.2) is 60.7 Å². The highest BCUT2D eigenvalue weighted by molar-refractivity contribution is 6.32. The quantitative estimate of drug-likeness (QED) is 0.446. The van der Waals surface area contributed by atoms with E-state index in [-0.39, 0.29) is 29.7 Å². The Morgan fingerprint density at radius 2 is 1.66 bits per heavy atom. The molecule has 0 fully saturated rings. The van der Waals surface area contributed by atoms with E-state index < -0.39 is 29.9 Å². The molecule has 32 heavy (non-hydrogen) atoms. The number of carbonyl (C=O) groups excluding carboxylic acids is 1. The van der Waals surface area contributed by atoms with Crippen molar-refractivity contribution < 1.29 is 29.2 Å². The zero-order valence-corrected chi connectivity index (χ0v) is 17.6. The van der Waals surface area contributed by atoms with Crippen molar-refractivity contribution in [2.45, 2.75) is 18.1 Å². The molecule has 6 nitrogen and oxygen atoms in total. The molecule has 2 atom stereocenters. The predicted molar refractivity (Wildman–Crippen MR) is 117 cm³/mol. The monoisotopic (exact) mass is 457 g/mol. The number of rotatable bonds is 6. The minimum atomic E-state index is -1.67. The minimum absolute atomic E-state index is 0.0960. The summed E-state index contributed by atoms with van der Waals surface area (Å²) in [6.45, 7) is -0.287. The lowest BCUT2D eigenvalue weighted by Gasteiger charge is -2.20. The zero-order valence-electron chi connectivity index (χ0n) is 16.8. The molecule has 3 aromatic carbocycles. The minimum Gasteiger partial charge on any atom is -0.506 e. The van der Waals surface area contributed by atoms with E-state index in [0.29, 0.717) is 0 Å². The SMILES string of the molecule is O=C(NCC(O)C(O)c1cc(F)cc(Cl)c1O)OCC1c2ccccc2-c2ccccc21. The molecule has 4 rings (SSSR count). The smallest absolute Gasteiger partial charge is 0.407 e. The van der Waals surface area contributed by atoms with Gasteiger partial charge in [0, 0.05) is 18.0 Å². The van der Waals surface area contributed by atoms with Gasteiger partial charge in [0.15, 0.2) is 0 Å². The van der Waals surface area contributed by atoms with E-state index in [0.717, 1.165) is 34.4 Å². The summed E-state index contributed by atoms with van der Waals surface area (Å²) in [6, 6.07) is 17.6. The summed E-state index contributed by atoms with van der Waals surface area (Å²) in [5.74, 6) is -1.44. The van der Waals surface area contributed by atoms with Gasteiger partial charge in [-0.2, -0.15) is 0 Å². The van der Waals surface area contributed by atoms with E-state index in [4.69, 9.17) is 16.3 Å². The Hall–Kier alpha value is -3.13. The van der Waals surface area contributed by atoms with Gasteiger partial charge in [0.2, 0.25) is 0 Å². The summed E-state index contributed by atoms with van der Waals surface area (Å²) in [5.41, 5.74) is 4.05. The van der Waals surface area contributed by atoms with Crippen molar-refractivity contribution in [3.63, 3.8) is 0 Å². The summed E-state index contributed by atoms with van der Waals surface area (Å²) in [5, 5.41) is 32.4. The maximum Gasteiger partial charge on any atom is 0.407 e. The summed E-state index contributed by atoms with van der Waals surface area (Å²) in [4.78, 5) is 12.2. The summed E-state index contributed by atoms with van der Waals surface area (Å²) < 4.78 is 18.9. The van der Waals surface area contributed by atoms with E-state index >= 15 is 0 Å². The molecule has 2 unspecified atom stereocenters. The highest BCUT2D eigenvalue weighted by Gasteiger charge is 2.29. The van der Waals surface area contributed by atoms with Gasteiger partial charge in [-0.25, -0.2) is 9.18 Å². The number of aromatic hydroxyl groups is 1. The second-order valence-corrected chi connectivity index (χ2v) is 7.95. The van der Waals surface area contributed by atoms with Crippen LogP contribution in [-0.2, 0) is 4.74 Å². The number of halogens is 2. The topological polar surface area (TPSA) is 99.0 Å². The number of benzene rings is 3. The van der Waals surface area contributed by atoms with Crippen LogP contribution in [0.5, 0.6) is 5.75 Å². The molecule has 1 amide bonds. The van der Waals surface area contributed by atoms with Gasteiger partial charge in [0.05, 0.1) is 5.02 Å². The molecule has 0 saturated heterocycles. The van der Waals surface area contributed by atoms with Crippen molar-refractivity contribution in [2.24, 2.45) is 0 Å². The number of hydrogen-bond donors (Lipinski definition) is 4. The number of phenolic OH excluding ortho intramolecular Hbond substituents is 1. The van der Waals surface area contributed by atoms with Crippen molar-refractivity contribution in [3.8, 4) is 16.9 Å². The van der Waals surface area contributed by atoms with E-state index in [1.807, 2.05) is 48.5 Å². The van der Waals surface area contributed by atoms with Crippen molar-refractivity contribution in [1.29, 1.82) is 0 Å². The largest absolute Gasteiger partial charge is 0.506 e. The predicted octanol–water partition coefficient (Wildman–Crippen LogP) is 4.12. The van der Waals surface area contributed by atoms with Gasteiger partial charge in [-0.05, 0) is 34.4 Å². The van der Waals surface area contributed by atoms with Gasteiger partial charge in [-0.1, -0.05) is 60.1 Å². The van der Waals surface area contributed by atoms with Gasteiger partial charge in [-0.3, -0.25) is 0 Å². The number of hydrogen-bond acceptors (Lipinski definition) is 5. The van der Waals surface area contributed by atoms with Crippen molar-refractivity contribution >= 4 is 17.7 Å². The zero-order chi connectivity index (χ0) is 22.8. The molecule has 0 aromatic heterocycles. The first-order valence-electron chi connectivity index (χ1n) is 9.99. The lowest BCUT2D eigenvalue weighted by molar-refractivity contribution is 0.0171. The average molecular weight is 458 g/mol. The first-order valence-corrected chi connectivity index (χ1v) is 10.4. The van der Waals surface area contributed by atoms with Crippen LogP contribution in [0.3, 0.4) is 0 Å². The highest BCUT2D eigenvalue weighted by Crippen LogP contribution is 2.44. The third kappa shape index (κ3) is 4.27. The van der Waals surface area contributed by atoms with Crippen LogP contribution in [0.25, 0.3) is 11.1 Å². The number of alkyl carbamates (subject to hydrolysis) is 1. The van der Waals surface area contributed by atoms with E-state index in [1.54, 1.807) is 0 Å². The maximum absolute atomic E-state index is 13.5. The Morgan fingerprint density at radius 1 is 1.06 bits per heavy atom. The molecule has 1 aliphatic carbocycles. The molecule has 3 aromatic rings.